The van der Waals surface area contributed by atoms with Gasteiger partial charge in [-0.2, -0.15) is 0 Å². The van der Waals surface area contributed by atoms with Crippen molar-refractivity contribution in [3.63, 3.8) is 0 Å². The van der Waals surface area contributed by atoms with Crippen molar-refractivity contribution in [2.45, 2.75) is 19.0 Å². The fraction of sp³-hybridized carbons (Fsp3) is 0.182. The van der Waals surface area contributed by atoms with E-state index >= 15 is 0 Å². The Morgan fingerprint density at radius 1 is 0.968 bits per heavy atom. The number of hydrogen-bond donors (Lipinski definition) is 1. The van der Waals surface area contributed by atoms with Gasteiger partial charge in [0.2, 0.25) is 5.91 Å². The molecule has 1 N–H and O–H groups in total. The maximum absolute atomic E-state index is 13.0. The third kappa shape index (κ3) is 4.04. The van der Waals surface area contributed by atoms with Crippen molar-refractivity contribution in [3.8, 4) is 11.4 Å². The van der Waals surface area contributed by atoms with Crippen LogP contribution in [0.1, 0.15) is 11.5 Å². The molecular weight excluding hydrogens is 412 g/mol. The van der Waals surface area contributed by atoms with Gasteiger partial charge in [0, 0.05) is 12.7 Å². The number of amides is 1. The van der Waals surface area contributed by atoms with E-state index in [1.54, 1.807) is 18.7 Å². The summed E-state index contributed by atoms with van der Waals surface area (Å²) in [5.74, 6) is 0.555. The number of hydrogen-bond acceptors (Lipinski definition) is 5. The van der Waals surface area contributed by atoms with E-state index in [0.717, 1.165) is 17.2 Å². The molecule has 158 valence electrons. The molecule has 0 unspecified atom stereocenters. The molecule has 1 amide bonds. The minimum Gasteiger partial charge on any atom is -0.319 e. The minimum absolute atomic E-state index is 0.101. The van der Waals surface area contributed by atoms with E-state index in [-0.39, 0.29) is 22.9 Å². The summed E-state index contributed by atoms with van der Waals surface area (Å²) in [7, 11) is 1.79. The molecule has 4 aromatic rings. The lowest BCUT2D eigenvalue weighted by Crippen LogP contribution is -2.23. The highest BCUT2D eigenvalue weighted by atomic mass is 32.2. The fourth-order valence-electron chi connectivity index (χ4n) is 3.33. The molecule has 0 radical (unpaired) electrons. The maximum Gasteiger partial charge on any atom is 0.295 e. The van der Waals surface area contributed by atoms with Gasteiger partial charge in [-0.3, -0.25) is 18.8 Å². The Hall–Kier alpha value is -3.59. The summed E-state index contributed by atoms with van der Waals surface area (Å²) in [6.45, 7) is 3.67. The molecular formula is C22H22N6O2S. The average molecular weight is 435 g/mol. The van der Waals surface area contributed by atoms with Crippen molar-refractivity contribution in [2.24, 2.45) is 7.05 Å². The van der Waals surface area contributed by atoms with Crippen LogP contribution in [0.4, 0.5) is 5.69 Å². The predicted octanol–water partition coefficient (Wildman–Crippen LogP) is 3.10. The molecule has 0 aliphatic heterocycles. The van der Waals surface area contributed by atoms with Crippen LogP contribution in [0.2, 0.25) is 0 Å². The van der Waals surface area contributed by atoms with Crippen molar-refractivity contribution >= 4 is 23.4 Å². The number of anilines is 1. The van der Waals surface area contributed by atoms with Crippen molar-refractivity contribution in [1.29, 1.82) is 0 Å². The molecule has 2 aromatic carbocycles. The SMILES string of the molecule is Cc1nnc(SCC(=O)Nc2c(C)n(C)n(-c3ccccc3)c2=O)n1-c1ccccc1. The topological polar surface area (TPSA) is 86.7 Å². The van der Waals surface area contributed by atoms with Crippen molar-refractivity contribution in [1.82, 2.24) is 24.1 Å². The van der Waals surface area contributed by atoms with E-state index in [1.165, 1.54) is 16.4 Å². The highest BCUT2D eigenvalue weighted by molar-refractivity contribution is 7.99. The van der Waals surface area contributed by atoms with Gasteiger partial charge < -0.3 is 5.32 Å². The Balaban J connectivity index is 1.52. The van der Waals surface area contributed by atoms with Gasteiger partial charge in [0.1, 0.15) is 11.5 Å². The predicted molar refractivity (Wildman–Crippen MR) is 121 cm³/mol. The summed E-state index contributed by atoms with van der Waals surface area (Å²) in [6, 6.07) is 19.0. The number of carbonyl (C=O) groups excluding carboxylic acids is 1. The van der Waals surface area contributed by atoms with Gasteiger partial charge in [-0.05, 0) is 38.1 Å². The first-order valence-corrected chi connectivity index (χ1v) is 10.7. The van der Waals surface area contributed by atoms with E-state index in [2.05, 4.69) is 15.5 Å². The molecule has 9 heteroatoms. The lowest BCUT2D eigenvalue weighted by molar-refractivity contribution is -0.113. The van der Waals surface area contributed by atoms with E-state index in [9.17, 15) is 9.59 Å². The highest BCUT2D eigenvalue weighted by Crippen LogP contribution is 2.22. The van der Waals surface area contributed by atoms with E-state index < -0.39 is 0 Å². The molecule has 4 rings (SSSR count). The van der Waals surface area contributed by atoms with Gasteiger partial charge in [0.15, 0.2) is 5.16 Å². The van der Waals surface area contributed by atoms with Crippen LogP contribution in [-0.4, -0.2) is 35.8 Å². The van der Waals surface area contributed by atoms with Crippen LogP contribution in [0.3, 0.4) is 0 Å². The molecule has 0 saturated heterocycles. The van der Waals surface area contributed by atoms with Crippen molar-refractivity contribution < 1.29 is 4.79 Å². The standard InChI is InChI=1S/C22H22N6O2S/c1-15-20(21(30)28(26(15)3)18-12-8-5-9-13-18)23-19(29)14-31-22-25-24-16(2)27(22)17-10-6-4-7-11-17/h4-13H,14H2,1-3H3,(H,23,29). The number of nitrogens with one attached hydrogen (secondary N) is 1. The lowest BCUT2D eigenvalue weighted by Gasteiger charge is -2.08. The van der Waals surface area contributed by atoms with Gasteiger partial charge in [-0.25, -0.2) is 4.68 Å². The molecule has 0 atom stereocenters. The number of nitrogens with zero attached hydrogens (tertiary/aromatic N) is 5. The summed E-state index contributed by atoms with van der Waals surface area (Å²) in [5.41, 5.74) is 2.35. The second-order valence-electron chi connectivity index (χ2n) is 6.97. The second kappa shape index (κ2) is 8.65. The maximum atomic E-state index is 13.0. The number of carbonyl (C=O) groups is 1. The van der Waals surface area contributed by atoms with Crippen molar-refractivity contribution in [3.05, 3.63) is 82.5 Å². The molecule has 2 aromatic heterocycles. The van der Waals surface area contributed by atoms with Crippen LogP contribution < -0.4 is 10.9 Å². The Morgan fingerprint density at radius 2 is 1.58 bits per heavy atom. The van der Waals surface area contributed by atoms with Crippen LogP contribution in [0.5, 0.6) is 0 Å². The minimum atomic E-state index is -0.281. The Labute approximate surface area is 183 Å². The van der Waals surface area contributed by atoms with E-state index in [1.807, 2.05) is 72.2 Å². The zero-order chi connectivity index (χ0) is 22.0. The quantitative estimate of drug-likeness (QED) is 0.471. The first kappa shape index (κ1) is 20.7. The summed E-state index contributed by atoms with van der Waals surface area (Å²) < 4.78 is 5.16. The summed E-state index contributed by atoms with van der Waals surface area (Å²) in [5, 5.41) is 11.7. The van der Waals surface area contributed by atoms with Crippen LogP contribution in [0.25, 0.3) is 11.4 Å². The third-order valence-corrected chi connectivity index (χ3v) is 5.89. The zero-order valence-corrected chi connectivity index (χ0v) is 18.3. The van der Waals surface area contributed by atoms with Gasteiger partial charge in [-0.15, -0.1) is 10.2 Å². The number of rotatable bonds is 6. The molecule has 0 fully saturated rings. The van der Waals surface area contributed by atoms with Crippen LogP contribution in [0, 0.1) is 13.8 Å². The fourth-order valence-corrected chi connectivity index (χ4v) is 4.13. The molecule has 0 saturated carbocycles. The molecule has 31 heavy (non-hydrogen) atoms. The van der Waals surface area contributed by atoms with Gasteiger partial charge in [0.05, 0.1) is 17.1 Å². The summed E-state index contributed by atoms with van der Waals surface area (Å²) >= 11 is 1.27. The number of benzene rings is 2. The number of para-hydroxylation sites is 2. The lowest BCUT2D eigenvalue weighted by atomic mass is 10.3. The van der Waals surface area contributed by atoms with Crippen LogP contribution >= 0.6 is 11.8 Å². The Kier molecular flexibility index (Phi) is 5.77. The van der Waals surface area contributed by atoms with Gasteiger partial charge >= 0.3 is 0 Å². The Morgan fingerprint density at radius 3 is 2.23 bits per heavy atom. The van der Waals surface area contributed by atoms with Crippen molar-refractivity contribution in [2.75, 3.05) is 11.1 Å². The molecule has 0 spiro atoms. The van der Waals surface area contributed by atoms with Gasteiger partial charge in [-0.1, -0.05) is 48.2 Å². The van der Waals surface area contributed by atoms with Crippen LogP contribution in [-0.2, 0) is 11.8 Å². The third-order valence-electron chi connectivity index (χ3n) is 4.96. The number of thioether (sulfide) groups is 1. The molecule has 0 aliphatic carbocycles. The van der Waals surface area contributed by atoms with Gasteiger partial charge in [0.25, 0.3) is 5.56 Å². The monoisotopic (exact) mass is 434 g/mol. The Bertz CT molecular complexity index is 1270. The number of aryl methyl sites for hydroxylation is 1. The molecule has 0 aliphatic rings. The summed E-state index contributed by atoms with van der Waals surface area (Å²) in [4.78, 5) is 25.6. The van der Waals surface area contributed by atoms with Crippen LogP contribution in [0.15, 0.2) is 70.6 Å². The zero-order valence-electron chi connectivity index (χ0n) is 17.4. The average Bonchev–Trinajstić information content (AvgIpc) is 3.25. The van der Waals surface area contributed by atoms with E-state index in [0.29, 0.717) is 10.9 Å². The number of aromatic nitrogens is 5. The molecule has 0 bridgehead atoms. The smallest absolute Gasteiger partial charge is 0.295 e. The first-order valence-electron chi connectivity index (χ1n) is 9.71. The normalized spacial score (nSPS) is 10.9. The summed E-state index contributed by atoms with van der Waals surface area (Å²) in [6.07, 6.45) is 0. The van der Waals surface area contributed by atoms with E-state index in [4.69, 9.17) is 0 Å². The molecule has 2 heterocycles. The highest BCUT2D eigenvalue weighted by Gasteiger charge is 2.19. The first-order chi connectivity index (χ1) is 15.0. The largest absolute Gasteiger partial charge is 0.319 e. The second-order valence-corrected chi connectivity index (χ2v) is 7.92. The molecule has 8 nitrogen and oxygen atoms in total.